The summed E-state index contributed by atoms with van der Waals surface area (Å²) in [6.07, 6.45) is 0. The molecule has 1 aromatic carbocycles. The predicted molar refractivity (Wildman–Crippen MR) is 86.9 cm³/mol. The smallest absolute Gasteiger partial charge is 0.280 e. The number of carbonyl (C=O) groups excluding carboxylic acids is 2. The number of hydrogen-bond acceptors (Lipinski definition) is 7. The molecule has 0 fully saturated rings. The van der Waals surface area contributed by atoms with Crippen molar-refractivity contribution in [2.75, 3.05) is 0 Å². The lowest BCUT2D eigenvalue weighted by Crippen LogP contribution is -2.99. The molecule has 1 aliphatic heterocycles. The number of carbonyl (C=O) groups is 2. The van der Waals surface area contributed by atoms with Gasteiger partial charge in [-0.15, -0.1) is 0 Å². The van der Waals surface area contributed by atoms with Crippen molar-refractivity contribution < 1.29 is 20.0 Å². The molecule has 1 aliphatic rings. The molecule has 11 heteroatoms. The molecule has 2 unspecified atom stereocenters. The van der Waals surface area contributed by atoms with Crippen LogP contribution in [0.1, 0.15) is 13.8 Å². The van der Waals surface area contributed by atoms with Crippen molar-refractivity contribution in [1.82, 2.24) is 10.4 Å². The van der Waals surface area contributed by atoms with Gasteiger partial charge in [0.1, 0.15) is 0 Å². The van der Waals surface area contributed by atoms with Gasteiger partial charge in [-0.2, -0.15) is 20.5 Å². The summed E-state index contributed by atoms with van der Waals surface area (Å²) in [6.45, 7) is 2.81. The second-order valence-corrected chi connectivity index (χ2v) is 5.21. The molecule has 0 aliphatic carbocycles. The van der Waals surface area contributed by atoms with E-state index in [1.54, 1.807) is 6.92 Å². The fraction of sp³-hybridized carbons (Fsp3) is 0.231. The van der Waals surface area contributed by atoms with Crippen LogP contribution < -0.4 is 10.7 Å². The van der Waals surface area contributed by atoms with E-state index < -0.39 is 23.1 Å². The Morgan fingerprint density at radius 1 is 1.46 bits per heavy atom. The number of azo groups is 1. The number of quaternary nitrogens is 1. The van der Waals surface area contributed by atoms with Crippen LogP contribution in [0.2, 0.25) is 0 Å². The molecule has 2 amide bonds. The molecule has 0 saturated carbocycles. The van der Waals surface area contributed by atoms with Gasteiger partial charge in [-0.25, -0.2) is 10.2 Å². The fourth-order valence-electron chi connectivity index (χ4n) is 1.85. The van der Waals surface area contributed by atoms with Crippen molar-refractivity contribution in [3.05, 3.63) is 29.5 Å². The van der Waals surface area contributed by atoms with Gasteiger partial charge in [0.05, 0.1) is 11.4 Å². The standard InChI is InChI=1S/C13H14N6O4S/c1-7-11(12(21)18(13(24)14-7)17-8(2)20)16-15-9-3-5-10(6-4-9)19(22)23/h3-6,11,19,22H,1-2H3,(H,17,20). The molecule has 0 aromatic heterocycles. The van der Waals surface area contributed by atoms with Gasteiger partial charge in [0.2, 0.25) is 11.0 Å². The highest BCUT2D eigenvalue weighted by molar-refractivity contribution is 7.80. The van der Waals surface area contributed by atoms with E-state index in [2.05, 4.69) is 20.6 Å². The van der Waals surface area contributed by atoms with Crippen LogP contribution in [0.4, 0.5) is 11.4 Å². The lowest BCUT2D eigenvalue weighted by atomic mass is 10.1. The highest BCUT2D eigenvalue weighted by Gasteiger charge is 2.34. The first-order valence-corrected chi connectivity index (χ1v) is 7.15. The van der Waals surface area contributed by atoms with Crippen LogP contribution in [0.5, 0.6) is 0 Å². The third-order valence-electron chi connectivity index (χ3n) is 2.99. The Morgan fingerprint density at radius 2 is 2.08 bits per heavy atom. The summed E-state index contributed by atoms with van der Waals surface area (Å²) in [7, 11) is 0. The second-order valence-electron chi connectivity index (χ2n) is 4.85. The maximum absolute atomic E-state index is 12.4. The monoisotopic (exact) mass is 350 g/mol. The van der Waals surface area contributed by atoms with Crippen LogP contribution in [0, 0.1) is 5.21 Å². The summed E-state index contributed by atoms with van der Waals surface area (Å²) in [5, 5.41) is 27.2. The number of benzene rings is 1. The topological polar surface area (TPSA) is 134 Å². The van der Waals surface area contributed by atoms with Gasteiger partial charge in [-0.3, -0.25) is 15.0 Å². The van der Waals surface area contributed by atoms with Gasteiger partial charge in [0, 0.05) is 19.1 Å². The van der Waals surface area contributed by atoms with Crippen LogP contribution in [0.25, 0.3) is 0 Å². The molecule has 0 bridgehead atoms. The van der Waals surface area contributed by atoms with Gasteiger partial charge in [0.25, 0.3) is 5.91 Å². The molecule has 10 nitrogen and oxygen atoms in total. The Morgan fingerprint density at radius 3 is 2.62 bits per heavy atom. The number of hydrogen-bond donors (Lipinski definition) is 3. The van der Waals surface area contributed by atoms with E-state index in [4.69, 9.17) is 17.4 Å². The minimum absolute atomic E-state index is 0.0787. The normalized spacial score (nSPS) is 19.4. The quantitative estimate of drug-likeness (QED) is 0.404. The van der Waals surface area contributed by atoms with E-state index in [9.17, 15) is 14.8 Å². The molecule has 1 aromatic rings. The third kappa shape index (κ3) is 4.02. The molecule has 1 heterocycles. The molecule has 2 atom stereocenters. The van der Waals surface area contributed by atoms with Crippen LogP contribution in [0.3, 0.4) is 0 Å². The van der Waals surface area contributed by atoms with E-state index >= 15 is 0 Å². The molecule has 3 N–H and O–H groups in total. The zero-order chi connectivity index (χ0) is 17.9. The lowest BCUT2D eigenvalue weighted by Gasteiger charge is -2.27. The largest absolute Gasteiger partial charge is 0.595 e. The molecule has 0 saturated heterocycles. The summed E-state index contributed by atoms with van der Waals surface area (Å²) in [4.78, 5) is 27.5. The van der Waals surface area contributed by atoms with Crippen molar-refractivity contribution in [2.24, 2.45) is 15.2 Å². The predicted octanol–water partition coefficient (Wildman–Crippen LogP) is 0.181. The summed E-state index contributed by atoms with van der Waals surface area (Å²) < 4.78 is 0. The van der Waals surface area contributed by atoms with Gasteiger partial charge in [0.15, 0.2) is 11.7 Å². The molecule has 0 radical (unpaired) electrons. The number of thiocarbonyl (C=S) groups is 1. The van der Waals surface area contributed by atoms with E-state index in [0.29, 0.717) is 11.4 Å². The SMILES string of the molecule is CC(=O)NN1C(=O)C(N=Nc2ccc([NH+]([O-])O)cc2)C(C)=NC1=S. The number of nitrogens with zero attached hydrogens (tertiary/aromatic N) is 4. The van der Waals surface area contributed by atoms with Crippen molar-refractivity contribution >= 4 is 46.2 Å². The summed E-state index contributed by atoms with van der Waals surface area (Å²) in [6, 6.07) is 4.65. The van der Waals surface area contributed by atoms with Crippen LogP contribution in [0.15, 0.2) is 39.5 Å². The number of aliphatic imine (C=N–C) groups is 1. The highest BCUT2D eigenvalue weighted by Crippen LogP contribution is 2.17. The molecule has 0 spiro atoms. The molecule has 126 valence electrons. The van der Waals surface area contributed by atoms with Crippen molar-refractivity contribution in [1.29, 1.82) is 0 Å². The summed E-state index contributed by atoms with van der Waals surface area (Å²) in [5.74, 6) is -1.05. The number of hydrazine groups is 1. The minimum Gasteiger partial charge on any atom is -0.595 e. The highest BCUT2D eigenvalue weighted by atomic mass is 32.1. The Kier molecular flexibility index (Phi) is 5.41. The second kappa shape index (κ2) is 7.31. The van der Waals surface area contributed by atoms with E-state index in [1.165, 1.54) is 31.2 Å². The van der Waals surface area contributed by atoms with Crippen molar-refractivity contribution in [3.8, 4) is 0 Å². The number of amides is 2. The third-order valence-corrected chi connectivity index (χ3v) is 3.26. The molecule has 2 rings (SSSR count). The van der Waals surface area contributed by atoms with E-state index in [0.717, 1.165) is 5.01 Å². The number of nitrogens with one attached hydrogen (secondary N) is 2. The molecule has 24 heavy (non-hydrogen) atoms. The zero-order valence-corrected chi connectivity index (χ0v) is 13.6. The first-order valence-electron chi connectivity index (χ1n) is 6.74. The van der Waals surface area contributed by atoms with Gasteiger partial charge < -0.3 is 5.21 Å². The van der Waals surface area contributed by atoms with Gasteiger partial charge >= 0.3 is 0 Å². The van der Waals surface area contributed by atoms with E-state index in [-0.39, 0.29) is 10.8 Å². The van der Waals surface area contributed by atoms with Crippen molar-refractivity contribution in [3.63, 3.8) is 0 Å². The average molecular weight is 350 g/mol. The Labute approximate surface area is 142 Å². The van der Waals surface area contributed by atoms with Crippen molar-refractivity contribution in [2.45, 2.75) is 19.9 Å². The van der Waals surface area contributed by atoms with Crippen LogP contribution >= 0.6 is 12.2 Å². The number of rotatable bonds is 4. The molecular formula is C13H14N6O4S. The Balaban J connectivity index is 2.20. The maximum Gasteiger partial charge on any atom is 0.280 e. The minimum atomic E-state index is -1.05. The Bertz CT molecular complexity index is 730. The van der Waals surface area contributed by atoms with Gasteiger partial charge in [-0.05, 0) is 31.3 Å². The zero-order valence-electron chi connectivity index (χ0n) is 12.8. The Hall–Kier alpha value is -2.60. The van der Waals surface area contributed by atoms with Gasteiger partial charge in [-0.1, -0.05) is 0 Å². The molecular weight excluding hydrogens is 336 g/mol. The summed E-state index contributed by atoms with van der Waals surface area (Å²) >= 11 is 4.94. The van der Waals surface area contributed by atoms with E-state index in [1.807, 2.05) is 0 Å². The fourth-order valence-corrected chi connectivity index (χ4v) is 2.13. The first kappa shape index (κ1) is 17.7. The first-order chi connectivity index (χ1) is 11.3. The summed E-state index contributed by atoms with van der Waals surface area (Å²) in [5.41, 5.74) is 3.11. The van der Waals surface area contributed by atoms with Crippen LogP contribution in [-0.4, -0.2) is 38.9 Å². The maximum atomic E-state index is 12.4. The lowest BCUT2D eigenvalue weighted by molar-refractivity contribution is -0.991. The average Bonchev–Trinajstić information content (AvgIpc) is 2.51. The van der Waals surface area contributed by atoms with Crippen LogP contribution in [-0.2, 0) is 9.59 Å².